The van der Waals surface area contributed by atoms with Crippen LogP contribution in [0.1, 0.15) is 5.56 Å². The highest BCUT2D eigenvalue weighted by Gasteiger charge is 2.15. The van der Waals surface area contributed by atoms with Crippen molar-refractivity contribution in [1.29, 1.82) is 0 Å². The Labute approximate surface area is 132 Å². The third-order valence-electron chi connectivity index (χ3n) is 2.97. The molecule has 0 bridgehead atoms. The van der Waals surface area contributed by atoms with Gasteiger partial charge in [0.05, 0.1) is 11.4 Å². The maximum atomic E-state index is 11.1. The molecule has 2 aromatic carbocycles. The molecule has 0 aliphatic heterocycles. The Balaban J connectivity index is 2.35. The quantitative estimate of drug-likeness (QED) is 0.823. The Morgan fingerprint density at radius 2 is 1.90 bits per heavy atom. The fraction of sp³-hybridized carbons (Fsp3) is 0.133. The largest absolute Gasteiger partial charge is 0.480 e. The van der Waals surface area contributed by atoms with E-state index in [0.29, 0.717) is 28.0 Å². The summed E-state index contributed by atoms with van der Waals surface area (Å²) in [4.78, 5) is 12.7. The van der Waals surface area contributed by atoms with Gasteiger partial charge < -0.3 is 15.7 Å². The average molecular weight is 325 g/mol. The van der Waals surface area contributed by atoms with E-state index < -0.39 is 5.97 Å². The number of nitrogen functional groups attached to an aromatic ring is 1. The summed E-state index contributed by atoms with van der Waals surface area (Å²) in [6.45, 7) is 0.122. The molecule has 2 aromatic rings. The molecule has 110 valence electrons. The maximum Gasteiger partial charge on any atom is 0.323 e. The summed E-state index contributed by atoms with van der Waals surface area (Å²) in [7, 11) is 0. The van der Waals surface area contributed by atoms with Crippen molar-refractivity contribution in [2.24, 2.45) is 0 Å². The molecule has 0 saturated carbocycles. The third kappa shape index (κ3) is 4.03. The van der Waals surface area contributed by atoms with Gasteiger partial charge in [0.25, 0.3) is 0 Å². The van der Waals surface area contributed by atoms with Crippen molar-refractivity contribution in [2.75, 3.05) is 17.2 Å². The number of hydrogen-bond acceptors (Lipinski definition) is 3. The topological polar surface area (TPSA) is 66.6 Å². The van der Waals surface area contributed by atoms with Crippen molar-refractivity contribution >= 4 is 40.5 Å². The zero-order valence-electron chi connectivity index (χ0n) is 11.1. The van der Waals surface area contributed by atoms with E-state index in [1.54, 1.807) is 47.4 Å². The first-order valence-electron chi connectivity index (χ1n) is 6.22. The summed E-state index contributed by atoms with van der Waals surface area (Å²) in [5.74, 6) is -0.948. The van der Waals surface area contributed by atoms with Crippen LogP contribution >= 0.6 is 23.2 Å². The molecule has 0 unspecified atom stereocenters. The molecule has 4 nitrogen and oxygen atoms in total. The van der Waals surface area contributed by atoms with Crippen LogP contribution in [0.15, 0.2) is 42.5 Å². The lowest BCUT2D eigenvalue weighted by atomic mass is 10.1. The number of carboxylic acid groups (broad SMARTS) is 1. The van der Waals surface area contributed by atoms with Crippen molar-refractivity contribution < 1.29 is 9.90 Å². The summed E-state index contributed by atoms with van der Waals surface area (Å²) in [6.07, 6.45) is 0. The summed E-state index contributed by atoms with van der Waals surface area (Å²) < 4.78 is 0. The molecule has 0 spiro atoms. The monoisotopic (exact) mass is 324 g/mol. The molecule has 0 radical (unpaired) electrons. The van der Waals surface area contributed by atoms with Crippen LogP contribution in [0.3, 0.4) is 0 Å². The predicted molar refractivity (Wildman–Crippen MR) is 86.0 cm³/mol. The van der Waals surface area contributed by atoms with Crippen LogP contribution in [0.4, 0.5) is 11.4 Å². The molecule has 0 saturated heterocycles. The van der Waals surface area contributed by atoms with E-state index in [0.717, 1.165) is 5.56 Å². The number of halogens is 2. The first-order chi connectivity index (χ1) is 9.97. The summed E-state index contributed by atoms with van der Waals surface area (Å²) in [5, 5.41) is 10.2. The van der Waals surface area contributed by atoms with Crippen molar-refractivity contribution in [1.82, 2.24) is 0 Å². The molecule has 21 heavy (non-hydrogen) atoms. The number of carboxylic acids is 1. The van der Waals surface area contributed by atoms with E-state index in [9.17, 15) is 4.79 Å². The lowest BCUT2D eigenvalue weighted by Crippen LogP contribution is -2.29. The zero-order chi connectivity index (χ0) is 15.4. The van der Waals surface area contributed by atoms with E-state index in [-0.39, 0.29) is 6.54 Å². The molecule has 0 amide bonds. The number of anilines is 2. The predicted octanol–water partition coefficient (Wildman–Crippen LogP) is 3.67. The van der Waals surface area contributed by atoms with Crippen LogP contribution < -0.4 is 10.6 Å². The van der Waals surface area contributed by atoms with E-state index in [2.05, 4.69) is 0 Å². The number of hydrogen-bond donors (Lipinski definition) is 2. The van der Waals surface area contributed by atoms with Gasteiger partial charge in [-0.1, -0.05) is 35.3 Å². The van der Waals surface area contributed by atoms with Crippen molar-refractivity contribution in [3.05, 3.63) is 58.1 Å². The molecular formula is C15H14Cl2N2O2. The van der Waals surface area contributed by atoms with Crippen LogP contribution in [0.2, 0.25) is 10.0 Å². The summed E-state index contributed by atoms with van der Waals surface area (Å²) >= 11 is 12.1. The lowest BCUT2D eigenvalue weighted by Gasteiger charge is -2.25. The number of benzene rings is 2. The minimum atomic E-state index is -0.948. The second-order valence-corrected chi connectivity index (χ2v) is 5.39. The molecule has 6 heteroatoms. The van der Waals surface area contributed by atoms with Crippen LogP contribution in [0.5, 0.6) is 0 Å². The van der Waals surface area contributed by atoms with Gasteiger partial charge in [0.1, 0.15) is 6.54 Å². The highest BCUT2D eigenvalue weighted by atomic mass is 35.5. The highest BCUT2D eigenvalue weighted by molar-refractivity contribution is 6.33. The van der Waals surface area contributed by atoms with Crippen molar-refractivity contribution in [3.63, 3.8) is 0 Å². The van der Waals surface area contributed by atoms with Crippen LogP contribution in [0, 0.1) is 0 Å². The van der Waals surface area contributed by atoms with Gasteiger partial charge in [-0.15, -0.1) is 0 Å². The highest BCUT2D eigenvalue weighted by Crippen LogP contribution is 2.27. The molecule has 0 heterocycles. The number of nitrogens with two attached hydrogens (primary N) is 1. The van der Waals surface area contributed by atoms with E-state index in [4.69, 9.17) is 34.0 Å². The normalized spacial score (nSPS) is 10.4. The van der Waals surface area contributed by atoms with E-state index >= 15 is 0 Å². The smallest absolute Gasteiger partial charge is 0.323 e. The summed E-state index contributed by atoms with van der Waals surface area (Å²) in [6, 6.07) is 12.2. The fourth-order valence-electron chi connectivity index (χ4n) is 2.04. The number of carbonyl (C=O) groups is 1. The first kappa shape index (κ1) is 15.5. The van der Waals surface area contributed by atoms with Gasteiger partial charge in [-0.05, 0) is 35.9 Å². The molecule has 0 aliphatic rings. The fourth-order valence-corrected chi connectivity index (χ4v) is 2.41. The second-order valence-electron chi connectivity index (χ2n) is 4.54. The SMILES string of the molecule is Nc1ccccc1N(CC(=O)O)Cc1cc(Cl)ccc1Cl. The first-order valence-corrected chi connectivity index (χ1v) is 6.98. The molecule has 0 aliphatic carbocycles. The molecule has 0 atom stereocenters. The second kappa shape index (κ2) is 6.70. The molecule has 2 rings (SSSR count). The Hall–Kier alpha value is -1.91. The van der Waals surface area contributed by atoms with Gasteiger partial charge in [-0.25, -0.2) is 0 Å². The Morgan fingerprint density at radius 3 is 2.57 bits per heavy atom. The van der Waals surface area contributed by atoms with Gasteiger partial charge in [-0.2, -0.15) is 0 Å². The minimum absolute atomic E-state index is 0.183. The Bertz CT molecular complexity index is 662. The van der Waals surface area contributed by atoms with Crippen molar-refractivity contribution in [3.8, 4) is 0 Å². The van der Waals surface area contributed by atoms with E-state index in [1.807, 2.05) is 0 Å². The number of rotatable bonds is 5. The van der Waals surface area contributed by atoms with Crippen LogP contribution in [-0.2, 0) is 11.3 Å². The van der Waals surface area contributed by atoms with E-state index in [1.165, 1.54) is 0 Å². The van der Waals surface area contributed by atoms with Gasteiger partial charge in [0.15, 0.2) is 0 Å². The van der Waals surface area contributed by atoms with Crippen molar-refractivity contribution in [2.45, 2.75) is 6.54 Å². The average Bonchev–Trinajstić information content (AvgIpc) is 2.42. The minimum Gasteiger partial charge on any atom is -0.480 e. The maximum absolute atomic E-state index is 11.1. The van der Waals surface area contributed by atoms with Gasteiger partial charge in [-0.3, -0.25) is 4.79 Å². The molecular weight excluding hydrogens is 311 g/mol. The van der Waals surface area contributed by atoms with Gasteiger partial charge >= 0.3 is 5.97 Å². The molecule has 3 N–H and O–H groups in total. The Kier molecular flexibility index (Phi) is 4.94. The van der Waals surface area contributed by atoms with Gasteiger partial charge in [0.2, 0.25) is 0 Å². The van der Waals surface area contributed by atoms with Crippen LogP contribution in [-0.4, -0.2) is 17.6 Å². The Morgan fingerprint density at radius 1 is 1.19 bits per heavy atom. The number of nitrogens with zero attached hydrogens (tertiary/aromatic N) is 1. The van der Waals surface area contributed by atoms with Gasteiger partial charge in [0, 0.05) is 16.6 Å². The third-order valence-corrected chi connectivity index (χ3v) is 3.58. The summed E-state index contributed by atoms with van der Waals surface area (Å²) in [5.41, 5.74) is 7.83. The lowest BCUT2D eigenvalue weighted by molar-refractivity contribution is -0.135. The molecule has 0 aromatic heterocycles. The number of para-hydroxylation sites is 2. The number of aliphatic carboxylic acids is 1. The zero-order valence-corrected chi connectivity index (χ0v) is 12.6. The standard InChI is InChI=1S/C15H14Cl2N2O2/c16-11-5-6-12(17)10(7-11)8-19(9-15(20)21)14-4-2-1-3-13(14)18/h1-7H,8-9,18H2,(H,20,21). The van der Waals surface area contributed by atoms with Crippen LogP contribution in [0.25, 0.3) is 0 Å². The molecule has 0 fully saturated rings.